The quantitative estimate of drug-likeness (QED) is 0.434. The molecule has 2 rings (SSSR count). The zero-order valence-electron chi connectivity index (χ0n) is 12.5. The van der Waals surface area contributed by atoms with E-state index in [1.54, 1.807) is 24.3 Å². The van der Waals surface area contributed by atoms with Gasteiger partial charge in [0.05, 0.1) is 31.0 Å². The number of hydrogen-bond donors (Lipinski definition) is 1. The number of benzene rings is 2. The predicted octanol–water partition coefficient (Wildman–Crippen LogP) is 3.73. The van der Waals surface area contributed by atoms with Crippen LogP contribution >= 0.6 is 34.2 Å². The van der Waals surface area contributed by atoms with Gasteiger partial charge in [-0.3, -0.25) is 4.79 Å². The highest BCUT2D eigenvalue weighted by molar-refractivity contribution is 14.1. The molecule has 0 atom stereocenters. The highest BCUT2D eigenvalue weighted by Gasteiger charge is 2.10. The zero-order chi connectivity index (χ0) is 16.8. The molecule has 120 valence electrons. The fraction of sp³-hybridized carbons (Fsp3) is 0.125. The standard InChI is InChI=1S/C16H14ClIN2O3/c1-22-14-7-10(12(17)8-15(14)23-2)9-19-20-16(21)11-5-3-4-6-13(11)18/h3-9H,1-2H3,(H,20,21)/b19-9+. The summed E-state index contributed by atoms with van der Waals surface area (Å²) in [7, 11) is 3.06. The van der Waals surface area contributed by atoms with Crippen molar-refractivity contribution in [2.75, 3.05) is 14.2 Å². The first-order chi connectivity index (χ1) is 11.1. The van der Waals surface area contributed by atoms with Crippen LogP contribution in [0.1, 0.15) is 15.9 Å². The maximum atomic E-state index is 12.1. The van der Waals surface area contributed by atoms with Crippen molar-refractivity contribution in [1.82, 2.24) is 5.43 Å². The van der Waals surface area contributed by atoms with Gasteiger partial charge in [-0.1, -0.05) is 23.7 Å². The average molecular weight is 445 g/mol. The molecule has 7 heteroatoms. The lowest BCUT2D eigenvalue weighted by molar-refractivity contribution is 0.0954. The number of nitrogens with zero attached hydrogens (tertiary/aromatic N) is 1. The minimum Gasteiger partial charge on any atom is -0.493 e. The molecule has 2 aromatic rings. The second kappa shape index (κ2) is 8.16. The normalized spacial score (nSPS) is 10.6. The third kappa shape index (κ3) is 4.35. The van der Waals surface area contributed by atoms with Crippen LogP contribution in [0.25, 0.3) is 0 Å². The molecular formula is C16H14ClIN2O3. The van der Waals surface area contributed by atoms with Crippen LogP contribution in [-0.2, 0) is 0 Å². The summed E-state index contributed by atoms with van der Waals surface area (Å²) in [5.41, 5.74) is 3.64. The van der Waals surface area contributed by atoms with E-state index in [0.29, 0.717) is 27.6 Å². The molecule has 0 saturated heterocycles. The van der Waals surface area contributed by atoms with E-state index in [0.717, 1.165) is 3.57 Å². The second-order valence-electron chi connectivity index (χ2n) is 4.41. The van der Waals surface area contributed by atoms with Crippen LogP contribution in [0.15, 0.2) is 41.5 Å². The summed E-state index contributed by atoms with van der Waals surface area (Å²) in [5.74, 6) is 0.766. The molecule has 0 aliphatic carbocycles. The Labute approximate surface area is 152 Å². The van der Waals surface area contributed by atoms with Crippen molar-refractivity contribution >= 4 is 46.3 Å². The smallest absolute Gasteiger partial charge is 0.272 e. The van der Waals surface area contributed by atoms with Gasteiger partial charge in [-0.15, -0.1) is 0 Å². The number of methoxy groups -OCH3 is 2. The monoisotopic (exact) mass is 444 g/mol. The van der Waals surface area contributed by atoms with Gasteiger partial charge in [-0.25, -0.2) is 5.43 Å². The number of rotatable bonds is 5. The van der Waals surface area contributed by atoms with Crippen LogP contribution in [0.2, 0.25) is 5.02 Å². The van der Waals surface area contributed by atoms with Gasteiger partial charge in [0, 0.05) is 15.2 Å². The molecule has 0 aliphatic heterocycles. The van der Waals surface area contributed by atoms with Gasteiger partial charge < -0.3 is 9.47 Å². The molecule has 0 aliphatic rings. The molecule has 0 spiro atoms. The molecule has 1 N–H and O–H groups in total. The largest absolute Gasteiger partial charge is 0.493 e. The third-order valence-corrected chi connectivity index (χ3v) is 4.26. The van der Waals surface area contributed by atoms with Crippen molar-refractivity contribution in [1.29, 1.82) is 0 Å². The molecule has 0 fully saturated rings. The third-order valence-electron chi connectivity index (χ3n) is 2.99. The number of ether oxygens (including phenoxy) is 2. The number of halogens is 2. The summed E-state index contributed by atoms with van der Waals surface area (Å²) in [6, 6.07) is 10.6. The number of carbonyl (C=O) groups excluding carboxylic acids is 1. The van der Waals surface area contributed by atoms with E-state index in [9.17, 15) is 4.79 Å². The fourth-order valence-electron chi connectivity index (χ4n) is 1.83. The highest BCUT2D eigenvalue weighted by Crippen LogP contribution is 2.32. The Morgan fingerprint density at radius 2 is 1.87 bits per heavy atom. The maximum absolute atomic E-state index is 12.1. The number of nitrogens with one attached hydrogen (secondary N) is 1. The Hall–Kier alpha value is -1.80. The molecule has 0 heterocycles. The molecule has 0 aromatic heterocycles. The summed E-state index contributed by atoms with van der Waals surface area (Å²) in [6.07, 6.45) is 1.46. The summed E-state index contributed by atoms with van der Waals surface area (Å²) in [5, 5.41) is 4.38. The van der Waals surface area contributed by atoms with E-state index < -0.39 is 0 Å². The topological polar surface area (TPSA) is 59.9 Å². The van der Waals surface area contributed by atoms with Crippen molar-refractivity contribution in [3.63, 3.8) is 0 Å². The van der Waals surface area contributed by atoms with Gasteiger partial charge in [0.1, 0.15) is 0 Å². The van der Waals surface area contributed by atoms with Crippen LogP contribution in [-0.4, -0.2) is 26.3 Å². The molecule has 0 radical (unpaired) electrons. The SMILES string of the molecule is COc1cc(Cl)c(/C=N/NC(=O)c2ccccc2I)cc1OC. The molecular weight excluding hydrogens is 431 g/mol. The minimum absolute atomic E-state index is 0.289. The Kier molecular flexibility index (Phi) is 6.23. The Balaban J connectivity index is 2.15. The lowest BCUT2D eigenvalue weighted by Gasteiger charge is -2.09. The Morgan fingerprint density at radius 3 is 2.52 bits per heavy atom. The van der Waals surface area contributed by atoms with Crippen LogP contribution in [0.4, 0.5) is 0 Å². The van der Waals surface area contributed by atoms with E-state index in [4.69, 9.17) is 21.1 Å². The van der Waals surface area contributed by atoms with Crippen molar-refractivity contribution in [2.24, 2.45) is 5.10 Å². The highest BCUT2D eigenvalue weighted by atomic mass is 127. The molecule has 0 saturated carbocycles. The maximum Gasteiger partial charge on any atom is 0.272 e. The molecule has 5 nitrogen and oxygen atoms in total. The van der Waals surface area contributed by atoms with Crippen molar-refractivity contribution < 1.29 is 14.3 Å². The lowest BCUT2D eigenvalue weighted by Crippen LogP contribution is -2.18. The first-order valence-corrected chi connectivity index (χ1v) is 8.02. The molecule has 1 amide bonds. The fourth-order valence-corrected chi connectivity index (χ4v) is 2.67. The van der Waals surface area contributed by atoms with Crippen molar-refractivity contribution in [3.8, 4) is 11.5 Å². The van der Waals surface area contributed by atoms with E-state index >= 15 is 0 Å². The van der Waals surface area contributed by atoms with Gasteiger partial charge in [0.15, 0.2) is 11.5 Å². The Bertz CT molecular complexity index is 750. The van der Waals surface area contributed by atoms with E-state index in [1.165, 1.54) is 20.4 Å². The summed E-state index contributed by atoms with van der Waals surface area (Å²) >= 11 is 8.25. The first-order valence-electron chi connectivity index (χ1n) is 6.56. The second-order valence-corrected chi connectivity index (χ2v) is 5.98. The Morgan fingerprint density at radius 1 is 1.22 bits per heavy atom. The summed E-state index contributed by atoms with van der Waals surface area (Å²) in [4.78, 5) is 12.1. The van der Waals surface area contributed by atoms with E-state index in [2.05, 4.69) is 33.1 Å². The number of hydrogen-bond acceptors (Lipinski definition) is 4. The number of amides is 1. The van der Waals surface area contributed by atoms with Crippen molar-refractivity contribution in [3.05, 3.63) is 56.1 Å². The summed E-state index contributed by atoms with van der Waals surface area (Å²) in [6.45, 7) is 0. The molecule has 2 aromatic carbocycles. The van der Waals surface area contributed by atoms with Crippen LogP contribution < -0.4 is 14.9 Å². The van der Waals surface area contributed by atoms with E-state index in [-0.39, 0.29) is 5.91 Å². The molecule has 0 bridgehead atoms. The van der Waals surface area contributed by atoms with E-state index in [1.807, 2.05) is 12.1 Å². The molecule has 0 unspecified atom stereocenters. The zero-order valence-corrected chi connectivity index (χ0v) is 15.4. The number of carbonyl (C=O) groups is 1. The predicted molar refractivity (Wildman–Crippen MR) is 98.8 cm³/mol. The van der Waals surface area contributed by atoms with Gasteiger partial charge in [-0.05, 0) is 40.8 Å². The molecule has 23 heavy (non-hydrogen) atoms. The van der Waals surface area contributed by atoms with Gasteiger partial charge in [0.25, 0.3) is 5.91 Å². The van der Waals surface area contributed by atoms with Crippen LogP contribution in [0.5, 0.6) is 11.5 Å². The van der Waals surface area contributed by atoms with Crippen LogP contribution in [0.3, 0.4) is 0 Å². The van der Waals surface area contributed by atoms with Gasteiger partial charge in [-0.2, -0.15) is 5.10 Å². The van der Waals surface area contributed by atoms with Crippen LogP contribution in [0, 0.1) is 3.57 Å². The van der Waals surface area contributed by atoms with Crippen molar-refractivity contribution in [2.45, 2.75) is 0 Å². The number of hydrazone groups is 1. The average Bonchev–Trinajstić information content (AvgIpc) is 2.56. The minimum atomic E-state index is -0.289. The lowest BCUT2D eigenvalue weighted by atomic mass is 10.2. The van der Waals surface area contributed by atoms with Gasteiger partial charge in [0.2, 0.25) is 0 Å². The van der Waals surface area contributed by atoms with Gasteiger partial charge >= 0.3 is 0 Å². The first kappa shape index (κ1) is 17.6. The summed E-state index contributed by atoms with van der Waals surface area (Å²) < 4.78 is 11.2.